The summed E-state index contributed by atoms with van der Waals surface area (Å²) in [6.45, 7) is 3.68. The number of halogens is 1. The van der Waals surface area contributed by atoms with Crippen molar-refractivity contribution in [2.75, 3.05) is 13.1 Å². The standard InChI is InChI=1S/C24H21ClN5OPS/c1-17-22-23(30(28-17)21-7-3-2-4-8-21)27-24(31-32(22,33)29-13-5-6-14-29)19(16-26)15-18-9-11-20(25)12-10-18/h2-4,7-12,15H,5-6,13-14H2,1H3/b19-15+. The molecule has 1 atom stereocenters. The van der Waals surface area contributed by atoms with Crippen LogP contribution >= 0.6 is 18.0 Å². The molecule has 3 aromatic rings. The Hall–Kier alpha value is -2.75. The minimum Gasteiger partial charge on any atom is -0.430 e. The summed E-state index contributed by atoms with van der Waals surface area (Å²) in [6, 6.07) is 19.4. The number of para-hydroxylation sites is 1. The fourth-order valence-electron chi connectivity index (χ4n) is 4.11. The predicted molar refractivity (Wildman–Crippen MR) is 136 cm³/mol. The number of aliphatic imine (C=N–C) groups is 1. The molecule has 166 valence electrons. The fraction of sp³-hybridized carbons (Fsp3) is 0.208. The van der Waals surface area contributed by atoms with Crippen molar-refractivity contribution < 1.29 is 4.52 Å². The summed E-state index contributed by atoms with van der Waals surface area (Å²) in [6.07, 6.45) is 1.21. The third kappa shape index (κ3) is 4.05. The zero-order valence-corrected chi connectivity index (χ0v) is 20.4. The summed E-state index contributed by atoms with van der Waals surface area (Å²) in [7, 11) is 0. The summed E-state index contributed by atoms with van der Waals surface area (Å²) in [4.78, 5) is 4.81. The van der Waals surface area contributed by atoms with Crippen LogP contribution in [0.3, 0.4) is 0 Å². The van der Waals surface area contributed by atoms with E-state index in [1.165, 1.54) is 0 Å². The van der Waals surface area contributed by atoms with Crippen molar-refractivity contribution in [3.05, 3.63) is 76.5 Å². The maximum absolute atomic E-state index is 10.0. The van der Waals surface area contributed by atoms with E-state index in [0.29, 0.717) is 16.4 Å². The van der Waals surface area contributed by atoms with Gasteiger partial charge >= 0.3 is 0 Å². The third-order valence-electron chi connectivity index (χ3n) is 5.69. The van der Waals surface area contributed by atoms with E-state index in [1.807, 2.05) is 54.1 Å². The maximum atomic E-state index is 10.0. The van der Waals surface area contributed by atoms with Crippen molar-refractivity contribution in [3.8, 4) is 11.8 Å². The number of hydrogen-bond acceptors (Lipinski definition) is 5. The highest BCUT2D eigenvalue weighted by atomic mass is 35.5. The SMILES string of the molecule is Cc1nn(-c2ccccc2)c2c1P(=S)(N1CCCC1)OC(/C(C#N)=C/c1ccc(Cl)cc1)=N2. The largest absolute Gasteiger partial charge is 0.430 e. The molecule has 1 unspecified atom stereocenters. The lowest BCUT2D eigenvalue weighted by atomic mass is 10.1. The van der Waals surface area contributed by atoms with E-state index in [9.17, 15) is 5.26 Å². The van der Waals surface area contributed by atoms with E-state index >= 15 is 0 Å². The van der Waals surface area contributed by atoms with Gasteiger partial charge in [-0.1, -0.05) is 41.9 Å². The van der Waals surface area contributed by atoms with Gasteiger partial charge in [0.2, 0.25) is 12.3 Å². The maximum Gasteiger partial charge on any atom is 0.238 e. The number of nitriles is 1. The zero-order chi connectivity index (χ0) is 23.0. The monoisotopic (exact) mass is 493 g/mol. The summed E-state index contributed by atoms with van der Waals surface area (Å²) in [5.74, 6) is 0.889. The number of hydrogen-bond donors (Lipinski definition) is 0. The van der Waals surface area contributed by atoms with Gasteiger partial charge in [-0.25, -0.2) is 9.35 Å². The molecule has 2 aliphatic rings. The number of fused-ring (bicyclic) bond motifs is 1. The molecule has 0 radical (unpaired) electrons. The number of rotatable bonds is 4. The van der Waals surface area contributed by atoms with Crippen molar-refractivity contribution in [3.63, 3.8) is 0 Å². The number of benzene rings is 2. The Labute approximate surface area is 202 Å². The number of nitrogens with zero attached hydrogens (tertiary/aromatic N) is 5. The van der Waals surface area contributed by atoms with Crippen molar-refractivity contribution in [2.24, 2.45) is 4.99 Å². The van der Waals surface area contributed by atoms with Crippen LogP contribution in [0.4, 0.5) is 5.82 Å². The molecule has 5 rings (SSSR count). The van der Waals surface area contributed by atoms with Crippen molar-refractivity contribution in [1.29, 1.82) is 5.26 Å². The minimum atomic E-state index is -2.68. The van der Waals surface area contributed by atoms with Crippen LogP contribution in [0.25, 0.3) is 11.8 Å². The van der Waals surface area contributed by atoms with E-state index in [-0.39, 0.29) is 5.90 Å². The zero-order valence-electron chi connectivity index (χ0n) is 18.0. The Bertz CT molecular complexity index is 1350. The van der Waals surface area contributed by atoms with Gasteiger partial charge in [-0.2, -0.15) is 15.4 Å². The Morgan fingerprint density at radius 3 is 2.52 bits per heavy atom. The van der Waals surface area contributed by atoms with Crippen molar-refractivity contribution >= 4 is 52.9 Å². The number of aryl methyl sites for hydroxylation is 1. The molecule has 0 bridgehead atoms. The molecule has 2 aromatic carbocycles. The van der Waals surface area contributed by atoms with E-state index in [2.05, 4.69) is 10.7 Å². The highest BCUT2D eigenvalue weighted by molar-refractivity contribution is 8.15. The van der Waals surface area contributed by atoms with Gasteiger partial charge in [0.1, 0.15) is 16.9 Å². The Morgan fingerprint density at radius 1 is 1.15 bits per heavy atom. The molecule has 6 nitrogen and oxygen atoms in total. The van der Waals surface area contributed by atoms with E-state index in [0.717, 1.165) is 48.2 Å². The average molecular weight is 494 g/mol. The Balaban J connectivity index is 1.70. The molecule has 0 N–H and O–H groups in total. The van der Waals surface area contributed by atoms with Gasteiger partial charge in [-0.05, 0) is 67.5 Å². The molecule has 3 heterocycles. The van der Waals surface area contributed by atoms with Crippen molar-refractivity contribution in [2.45, 2.75) is 19.8 Å². The highest BCUT2D eigenvalue weighted by Gasteiger charge is 2.43. The molecule has 2 aliphatic heterocycles. The van der Waals surface area contributed by atoms with Crippen LogP contribution in [0.2, 0.25) is 5.02 Å². The van der Waals surface area contributed by atoms with Gasteiger partial charge < -0.3 is 4.52 Å². The fourth-order valence-corrected chi connectivity index (χ4v) is 8.10. The first kappa shape index (κ1) is 22.1. The molecule has 33 heavy (non-hydrogen) atoms. The molecule has 9 heteroatoms. The van der Waals surface area contributed by atoms with Crippen LogP contribution < -0.4 is 5.30 Å². The third-order valence-corrected chi connectivity index (χ3v) is 10.1. The summed E-state index contributed by atoms with van der Waals surface area (Å²) in [5, 5.41) is 16.3. The lowest BCUT2D eigenvalue weighted by molar-refractivity contribution is 0.482. The summed E-state index contributed by atoms with van der Waals surface area (Å²) in [5.41, 5.74) is 2.84. The second-order valence-electron chi connectivity index (χ2n) is 7.92. The quantitative estimate of drug-likeness (QED) is 0.353. The molecule has 0 amide bonds. The van der Waals surface area contributed by atoms with Crippen LogP contribution in [0.15, 0.2) is 65.2 Å². The van der Waals surface area contributed by atoms with Crippen LogP contribution in [0, 0.1) is 18.3 Å². The summed E-state index contributed by atoms with van der Waals surface area (Å²) >= 11 is 12.3. The van der Waals surface area contributed by atoms with Crippen LogP contribution in [-0.2, 0) is 16.3 Å². The molecular formula is C24H21ClN5OPS. The van der Waals surface area contributed by atoms with Gasteiger partial charge in [-0.15, -0.1) is 0 Å². The molecular weight excluding hydrogens is 473 g/mol. The van der Waals surface area contributed by atoms with Crippen molar-refractivity contribution in [1.82, 2.24) is 14.5 Å². The first-order valence-corrected chi connectivity index (χ1v) is 13.7. The smallest absolute Gasteiger partial charge is 0.238 e. The van der Waals surface area contributed by atoms with E-state index in [4.69, 9.17) is 38.0 Å². The second-order valence-corrected chi connectivity index (χ2v) is 12.1. The first-order valence-electron chi connectivity index (χ1n) is 10.7. The van der Waals surface area contributed by atoms with E-state index in [1.54, 1.807) is 18.2 Å². The van der Waals surface area contributed by atoms with Crippen LogP contribution in [0.5, 0.6) is 0 Å². The van der Waals surface area contributed by atoms with Gasteiger partial charge in [0, 0.05) is 18.1 Å². The van der Waals surface area contributed by atoms with Gasteiger partial charge in [-0.3, -0.25) is 0 Å². The second kappa shape index (κ2) is 8.89. The molecule has 0 aliphatic carbocycles. The summed E-state index contributed by atoms with van der Waals surface area (Å²) < 4.78 is 10.5. The Kier molecular flexibility index (Phi) is 5.94. The van der Waals surface area contributed by atoms with Crippen LogP contribution in [-0.4, -0.2) is 33.4 Å². The number of aromatic nitrogens is 2. The topological polar surface area (TPSA) is 66.4 Å². The molecule has 1 aromatic heterocycles. The first-order chi connectivity index (χ1) is 16.0. The van der Waals surface area contributed by atoms with E-state index < -0.39 is 6.42 Å². The van der Waals surface area contributed by atoms with Crippen LogP contribution in [0.1, 0.15) is 24.1 Å². The highest BCUT2D eigenvalue weighted by Crippen LogP contribution is 2.57. The lowest BCUT2D eigenvalue weighted by Gasteiger charge is -2.34. The van der Waals surface area contributed by atoms with Gasteiger partial charge in [0.05, 0.1) is 11.4 Å². The molecule has 0 spiro atoms. The molecule has 0 saturated carbocycles. The Morgan fingerprint density at radius 2 is 1.85 bits per heavy atom. The minimum absolute atomic E-state index is 0.243. The van der Waals surface area contributed by atoms with Gasteiger partial charge in [0.15, 0.2) is 5.82 Å². The lowest BCUT2D eigenvalue weighted by Crippen LogP contribution is -2.30. The normalized spacial score (nSPS) is 20.6. The predicted octanol–water partition coefficient (Wildman–Crippen LogP) is 5.53. The average Bonchev–Trinajstić information content (AvgIpc) is 3.48. The molecule has 1 fully saturated rings. The molecule has 1 saturated heterocycles. The van der Waals surface area contributed by atoms with Gasteiger partial charge in [0.25, 0.3) is 0 Å².